The third-order valence-electron chi connectivity index (χ3n) is 10.9. The number of para-hydroxylation sites is 1. The van der Waals surface area contributed by atoms with Gasteiger partial charge in [-0.15, -0.1) is 0 Å². The van der Waals surface area contributed by atoms with Gasteiger partial charge in [0.2, 0.25) is 0 Å². The molecule has 0 bridgehead atoms. The van der Waals surface area contributed by atoms with Crippen LogP contribution in [0, 0.1) is 0 Å². The molecule has 0 radical (unpaired) electrons. The summed E-state index contributed by atoms with van der Waals surface area (Å²) in [6.45, 7) is 0. The molecule has 0 aliphatic carbocycles. The van der Waals surface area contributed by atoms with Crippen molar-refractivity contribution < 1.29 is 4.42 Å². The Morgan fingerprint density at radius 1 is 0.418 bits per heavy atom. The van der Waals surface area contributed by atoms with E-state index in [0.29, 0.717) is 5.84 Å². The Morgan fingerprint density at radius 2 is 1.04 bits per heavy atom. The largest absolute Gasteiger partial charge is 0.456 e. The smallest absolute Gasteiger partial charge is 0.159 e. The van der Waals surface area contributed by atoms with Crippen molar-refractivity contribution in [3.63, 3.8) is 0 Å². The molecule has 1 aliphatic rings. The van der Waals surface area contributed by atoms with E-state index in [1.165, 1.54) is 32.7 Å². The first-order valence-electron chi connectivity index (χ1n) is 18.7. The van der Waals surface area contributed by atoms with Crippen LogP contribution in [0.4, 0.5) is 0 Å². The van der Waals surface area contributed by atoms with E-state index in [0.717, 1.165) is 66.4 Å². The first-order valence-corrected chi connectivity index (χ1v) is 18.7. The highest BCUT2D eigenvalue weighted by atomic mass is 16.3. The number of nitrogens with one attached hydrogen (secondary N) is 1. The average Bonchev–Trinajstić information content (AvgIpc) is 3.65. The van der Waals surface area contributed by atoms with Crippen molar-refractivity contribution in [2.24, 2.45) is 9.98 Å². The van der Waals surface area contributed by atoms with Gasteiger partial charge in [-0.2, -0.15) is 0 Å². The van der Waals surface area contributed by atoms with E-state index in [1.54, 1.807) is 0 Å². The van der Waals surface area contributed by atoms with Gasteiger partial charge in [0.05, 0.1) is 0 Å². The number of fused-ring (bicyclic) bond motifs is 6. The molecule has 1 unspecified atom stereocenters. The molecule has 4 nitrogen and oxygen atoms in total. The van der Waals surface area contributed by atoms with Crippen molar-refractivity contribution in [1.82, 2.24) is 5.32 Å². The number of amidine groups is 2. The summed E-state index contributed by atoms with van der Waals surface area (Å²) in [6, 6.07) is 66.5. The Morgan fingerprint density at radius 3 is 1.93 bits per heavy atom. The Balaban J connectivity index is 1.01. The zero-order chi connectivity index (χ0) is 36.3. The zero-order valence-electron chi connectivity index (χ0n) is 29.8. The number of hydrogen-bond acceptors (Lipinski definition) is 4. The maximum Gasteiger partial charge on any atom is 0.159 e. The van der Waals surface area contributed by atoms with Crippen LogP contribution in [0.5, 0.6) is 0 Å². The molecular formula is C51H33N3O. The molecule has 1 aliphatic heterocycles. The van der Waals surface area contributed by atoms with Crippen LogP contribution in [0.2, 0.25) is 0 Å². The van der Waals surface area contributed by atoms with Gasteiger partial charge in [-0.25, -0.2) is 9.98 Å². The van der Waals surface area contributed by atoms with Gasteiger partial charge in [0.15, 0.2) is 5.84 Å². The third kappa shape index (κ3) is 5.46. The van der Waals surface area contributed by atoms with Gasteiger partial charge < -0.3 is 9.73 Å². The van der Waals surface area contributed by atoms with Gasteiger partial charge in [0.25, 0.3) is 0 Å². The molecule has 0 spiro atoms. The minimum atomic E-state index is -0.321. The van der Waals surface area contributed by atoms with Crippen LogP contribution < -0.4 is 5.32 Å². The second-order valence-corrected chi connectivity index (χ2v) is 14.2. The van der Waals surface area contributed by atoms with Gasteiger partial charge in [0.1, 0.15) is 23.2 Å². The highest BCUT2D eigenvalue weighted by Gasteiger charge is 2.22. The molecule has 55 heavy (non-hydrogen) atoms. The number of aliphatic imine (C=N–C) groups is 2. The Hall–Kier alpha value is -7.30. The monoisotopic (exact) mass is 703 g/mol. The molecule has 4 heteroatoms. The van der Waals surface area contributed by atoms with Crippen LogP contribution in [-0.2, 0) is 0 Å². The topological polar surface area (TPSA) is 49.9 Å². The van der Waals surface area contributed by atoms with Crippen molar-refractivity contribution in [2.75, 3.05) is 0 Å². The fraction of sp³-hybridized carbons (Fsp3) is 0.0196. The summed E-state index contributed by atoms with van der Waals surface area (Å²) < 4.78 is 6.23. The van der Waals surface area contributed by atoms with Crippen molar-refractivity contribution in [3.8, 4) is 22.3 Å². The Labute approximate surface area is 317 Å². The number of benzene rings is 9. The molecule has 1 aromatic heterocycles. The lowest BCUT2D eigenvalue weighted by molar-refractivity contribution is 0.669. The van der Waals surface area contributed by atoms with Crippen LogP contribution in [0.25, 0.3) is 76.5 Å². The van der Waals surface area contributed by atoms with Crippen LogP contribution in [0.1, 0.15) is 22.9 Å². The predicted octanol–water partition coefficient (Wildman–Crippen LogP) is 12.9. The summed E-state index contributed by atoms with van der Waals surface area (Å²) in [4.78, 5) is 10.5. The molecule has 0 fully saturated rings. The molecular weight excluding hydrogens is 671 g/mol. The van der Waals surface area contributed by atoms with E-state index in [1.807, 2.05) is 18.2 Å². The van der Waals surface area contributed by atoms with Gasteiger partial charge in [-0.05, 0) is 90.5 Å². The highest BCUT2D eigenvalue weighted by molar-refractivity contribution is 6.15. The molecule has 258 valence electrons. The second-order valence-electron chi connectivity index (χ2n) is 14.2. The van der Waals surface area contributed by atoms with Gasteiger partial charge in [0, 0.05) is 21.9 Å². The predicted molar refractivity (Wildman–Crippen MR) is 229 cm³/mol. The third-order valence-corrected chi connectivity index (χ3v) is 10.9. The average molecular weight is 704 g/mol. The van der Waals surface area contributed by atoms with Crippen molar-refractivity contribution in [1.29, 1.82) is 0 Å². The standard InChI is InChI=1S/C51H33N3O/c1-2-11-37-29-39(27-20-32(37)9-1)50-52-49(36-24-22-35(23-25-36)43-15-7-12-34-10-3-4-13-42(34)43)53-51(54-50)40-28-21-33-19-26-38(30-41(33)31-40)44-16-8-18-47-48(44)45-14-5-6-17-46(45)55-47/h1-31,50H,(H,52,53,54). The van der Waals surface area contributed by atoms with E-state index in [9.17, 15) is 0 Å². The van der Waals surface area contributed by atoms with Gasteiger partial charge >= 0.3 is 0 Å². The zero-order valence-corrected chi connectivity index (χ0v) is 29.8. The Bertz CT molecular complexity index is 3180. The molecule has 1 N–H and O–H groups in total. The molecule has 9 aromatic carbocycles. The van der Waals surface area contributed by atoms with E-state index in [4.69, 9.17) is 14.4 Å². The first-order chi connectivity index (χ1) is 27.2. The summed E-state index contributed by atoms with van der Waals surface area (Å²) in [5, 5.41) is 13.1. The van der Waals surface area contributed by atoms with E-state index in [-0.39, 0.29) is 6.17 Å². The summed E-state index contributed by atoms with van der Waals surface area (Å²) in [7, 11) is 0. The van der Waals surface area contributed by atoms with Crippen LogP contribution in [0.15, 0.2) is 202 Å². The van der Waals surface area contributed by atoms with Gasteiger partial charge in [-0.1, -0.05) is 158 Å². The number of rotatable bonds is 5. The number of nitrogens with zero attached hydrogens (tertiary/aromatic N) is 2. The minimum absolute atomic E-state index is 0.321. The van der Waals surface area contributed by atoms with Gasteiger partial charge in [-0.3, -0.25) is 0 Å². The lowest BCUT2D eigenvalue weighted by atomic mass is 9.96. The minimum Gasteiger partial charge on any atom is -0.456 e. The van der Waals surface area contributed by atoms with E-state index >= 15 is 0 Å². The van der Waals surface area contributed by atoms with Crippen molar-refractivity contribution in [3.05, 3.63) is 205 Å². The highest BCUT2D eigenvalue weighted by Crippen LogP contribution is 2.38. The van der Waals surface area contributed by atoms with Crippen LogP contribution in [0.3, 0.4) is 0 Å². The molecule has 0 amide bonds. The summed E-state index contributed by atoms with van der Waals surface area (Å²) >= 11 is 0. The van der Waals surface area contributed by atoms with E-state index < -0.39 is 0 Å². The maximum absolute atomic E-state index is 6.23. The molecule has 2 heterocycles. The number of hydrogen-bond donors (Lipinski definition) is 1. The Kier molecular flexibility index (Phi) is 7.20. The summed E-state index contributed by atoms with van der Waals surface area (Å²) in [6.07, 6.45) is -0.321. The lowest BCUT2D eigenvalue weighted by Crippen LogP contribution is -2.33. The van der Waals surface area contributed by atoms with E-state index in [2.05, 4.69) is 175 Å². The normalized spacial score (nSPS) is 14.4. The molecule has 1 atom stereocenters. The van der Waals surface area contributed by atoms with Crippen molar-refractivity contribution in [2.45, 2.75) is 6.17 Å². The summed E-state index contributed by atoms with van der Waals surface area (Å²) in [5.41, 5.74) is 9.52. The molecule has 0 saturated carbocycles. The second kappa shape index (κ2) is 12.7. The van der Waals surface area contributed by atoms with Crippen LogP contribution >= 0.6 is 0 Å². The molecule has 11 rings (SSSR count). The van der Waals surface area contributed by atoms with Crippen LogP contribution in [-0.4, -0.2) is 11.7 Å². The molecule has 10 aromatic rings. The quantitative estimate of drug-likeness (QED) is 0.194. The summed E-state index contributed by atoms with van der Waals surface area (Å²) in [5.74, 6) is 1.49. The first kappa shape index (κ1) is 31.2. The maximum atomic E-state index is 6.23. The fourth-order valence-corrected chi connectivity index (χ4v) is 8.13. The lowest BCUT2D eigenvalue weighted by Gasteiger charge is -2.24. The number of furan rings is 1. The van der Waals surface area contributed by atoms with Crippen molar-refractivity contribution >= 4 is 65.9 Å². The SMILES string of the molecule is c1ccc2cc(C3N=C(c4ccc5ccc(-c6cccc7oc8ccccc8c67)cc5c4)N=C(c4ccc(-c5cccc6ccccc56)cc4)N3)ccc2c1. The molecule has 0 saturated heterocycles. The fourth-order valence-electron chi connectivity index (χ4n) is 8.13.